The van der Waals surface area contributed by atoms with Crippen LogP contribution < -0.4 is 5.32 Å². The maximum absolute atomic E-state index is 12.6. The van der Waals surface area contributed by atoms with Crippen LogP contribution in [0.1, 0.15) is 44.7 Å². The molecule has 0 heterocycles. The molecule has 0 spiro atoms. The Morgan fingerprint density at radius 3 is 1.91 bits per heavy atom. The molecule has 0 aliphatic heterocycles. The third-order valence-corrected chi connectivity index (χ3v) is 4.04. The van der Waals surface area contributed by atoms with Gasteiger partial charge in [0.2, 0.25) is 0 Å². The average Bonchev–Trinajstić information content (AvgIpc) is 2.78. The standard InChI is InChI=1S/C24H29NO7/c1-24(2,3)32-31-21(26)15-14-20(22(27)29-16-18-10-6-4-7-11-18)25-23(28)30-17-19-12-8-5-9-13-19/h4-13,20H,14-17H2,1-3H3,(H,25,28)/t20-/m0/s1. The lowest BCUT2D eigenvalue weighted by Crippen LogP contribution is -2.42. The summed E-state index contributed by atoms with van der Waals surface area (Å²) in [5.74, 6) is -1.35. The maximum atomic E-state index is 12.6. The monoisotopic (exact) mass is 443 g/mol. The van der Waals surface area contributed by atoms with E-state index in [9.17, 15) is 14.4 Å². The molecule has 0 saturated carbocycles. The molecular weight excluding hydrogens is 414 g/mol. The number of carbonyl (C=O) groups is 3. The van der Waals surface area contributed by atoms with Crippen LogP contribution in [0.4, 0.5) is 4.79 Å². The Balaban J connectivity index is 1.91. The van der Waals surface area contributed by atoms with Gasteiger partial charge in [-0.15, -0.1) is 0 Å². The number of hydrogen-bond acceptors (Lipinski definition) is 7. The van der Waals surface area contributed by atoms with Gasteiger partial charge in [-0.05, 0) is 38.3 Å². The average molecular weight is 443 g/mol. The molecule has 1 atom stereocenters. The quantitative estimate of drug-likeness (QED) is 0.335. The summed E-state index contributed by atoms with van der Waals surface area (Å²) >= 11 is 0. The van der Waals surface area contributed by atoms with E-state index in [0.717, 1.165) is 11.1 Å². The number of amides is 1. The summed E-state index contributed by atoms with van der Waals surface area (Å²) in [7, 11) is 0. The van der Waals surface area contributed by atoms with Crippen molar-refractivity contribution >= 4 is 18.0 Å². The molecular formula is C24H29NO7. The molecule has 2 rings (SSSR count). The van der Waals surface area contributed by atoms with E-state index in [-0.39, 0.29) is 26.1 Å². The molecule has 0 unspecified atom stereocenters. The molecule has 32 heavy (non-hydrogen) atoms. The zero-order valence-electron chi connectivity index (χ0n) is 18.5. The Morgan fingerprint density at radius 1 is 0.844 bits per heavy atom. The van der Waals surface area contributed by atoms with Gasteiger partial charge in [-0.25, -0.2) is 14.4 Å². The first kappa shape index (κ1) is 24.9. The molecule has 0 bridgehead atoms. The summed E-state index contributed by atoms with van der Waals surface area (Å²) in [5.41, 5.74) is 0.932. The van der Waals surface area contributed by atoms with Gasteiger partial charge in [-0.2, -0.15) is 4.89 Å². The number of esters is 1. The summed E-state index contributed by atoms with van der Waals surface area (Å²) in [5, 5.41) is 2.47. The van der Waals surface area contributed by atoms with Crippen molar-refractivity contribution in [1.82, 2.24) is 5.32 Å². The molecule has 0 radical (unpaired) electrons. The van der Waals surface area contributed by atoms with Crippen LogP contribution in [0.25, 0.3) is 0 Å². The SMILES string of the molecule is CC(C)(C)OOC(=O)CC[C@H](NC(=O)OCc1ccccc1)C(=O)OCc1ccccc1. The van der Waals surface area contributed by atoms with Crippen molar-refractivity contribution in [2.45, 2.75) is 58.5 Å². The highest BCUT2D eigenvalue weighted by atomic mass is 17.2. The van der Waals surface area contributed by atoms with Gasteiger partial charge in [-0.1, -0.05) is 60.7 Å². The number of hydrogen-bond donors (Lipinski definition) is 1. The van der Waals surface area contributed by atoms with Crippen molar-refractivity contribution in [2.75, 3.05) is 0 Å². The Morgan fingerprint density at radius 2 is 1.38 bits per heavy atom. The number of rotatable bonds is 10. The highest BCUT2D eigenvalue weighted by Gasteiger charge is 2.25. The van der Waals surface area contributed by atoms with Crippen LogP contribution in [0.2, 0.25) is 0 Å². The molecule has 1 amide bonds. The van der Waals surface area contributed by atoms with Gasteiger partial charge >= 0.3 is 18.0 Å². The van der Waals surface area contributed by atoms with E-state index in [0.29, 0.717) is 0 Å². The molecule has 2 aromatic rings. The highest BCUT2D eigenvalue weighted by Crippen LogP contribution is 2.11. The topological polar surface area (TPSA) is 100 Å². The zero-order chi connectivity index (χ0) is 23.4. The van der Waals surface area contributed by atoms with Gasteiger partial charge in [0.05, 0.1) is 6.42 Å². The van der Waals surface area contributed by atoms with Crippen molar-refractivity contribution in [2.24, 2.45) is 0 Å². The first-order valence-corrected chi connectivity index (χ1v) is 10.3. The summed E-state index contributed by atoms with van der Waals surface area (Å²) in [6.07, 6.45) is -1.00. The molecule has 0 aliphatic rings. The number of carbonyl (C=O) groups excluding carboxylic acids is 3. The number of benzene rings is 2. The van der Waals surface area contributed by atoms with E-state index < -0.39 is 29.7 Å². The molecule has 0 aromatic heterocycles. The van der Waals surface area contributed by atoms with Crippen LogP contribution in [0, 0.1) is 0 Å². The largest absolute Gasteiger partial charge is 0.459 e. The van der Waals surface area contributed by atoms with E-state index in [4.69, 9.17) is 19.2 Å². The third-order valence-electron chi connectivity index (χ3n) is 4.04. The first-order valence-electron chi connectivity index (χ1n) is 10.3. The van der Waals surface area contributed by atoms with Crippen molar-refractivity contribution in [3.8, 4) is 0 Å². The normalized spacial score (nSPS) is 11.8. The minimum atomic E-state index is -1.09. The second kappa shape index (κ2) is 12.5. The Labute approximate surface area is 187 Å². The predicted octanol–water partition coefficient (Wildman–Crippen LogP) is 4.08. The first-order chi connectivity index (χ1) is 15.2. The highest BCUT2D eigenvalue weighted by molar-refractivity contribution is 5.82. The van der Waals surface area contributed by atoms with Crippen LogP contribution in [-0.2, 0) is 42.1 Å². The Bertz CT molecular complexity index is 863. The van der Waals surface area contributed by atoms with E-state index in [1.165, 1.54) is 0 Å². The molecule has 1 N–H and O–H groups in total. The fourth-order valence-electron chi connectivity index (χ4n) is 2.46. The van der Waals surface area contributed by atoms with Crippen molar-refractivity contribution in [3.05, 3.63) is 71.8 Å². The van der Waals surface area contributed by atoms with Crippen molar-refractivity contribution in [3.63, 3.8) is 0 Å². The van der Waals surface area contributed by atoms with Crippen LogP contribution in [-0.4, -0.2) is 29.7 Å². The molecule has 0 aliphatic carbocycles. The molecule has 8 heteroatoms. The minimum Gasteiger partial charge on any atom is -0.459 e. The third kappa shape index (κ3) is 10.1. The molecule has 0 saturated heterocycles. The van der Waals surface area contributed by atoms with Crippen LogP contribution >= 0.6 is 0 Å². The smallest absolute Gasteiger partial charge is 0.408 e. The lowest BCUT2D eigenvalue weighted by atomic mass is 10.1. The zero-order valence-corrected chi connectivity index (χ0v) is 18.5. The van der Waals surface area contributed by atoms with Gasteiger partial charge in [0.15, 0.2) is 0 Å². The fraction of sp³-hybridized carbons (Fsp3) is 0.375. The van der Waals surface area contributed by atoms with Crippen LogP contribution in [0.15, 0.2) is 60.7 Å². The molecule has 8 nitrogen and oxygen atoms in total. The van der Waals surface area contributed by atoms with Crippen LogP contribution in [0.5, 0.6) is 0 Å². The Kier molecular flexibility index (Phi) is 9.69. The summed E-state index contributed by atoms with van der Waals surface area (Å²) in [4.78, 5) is 46.5. The van der Waals surface area contributed by atoms with E-state index in [1.54, 1.807) is 20.8 Å². The molecule has 0 fully saturated rings. The fourth-order valence-corrected chi connectivity index (χ4v) is 2.46. The number of alkyl carbamates (subject to hydrolysis) is 1. The number of nitrogens with one attached hydrogen (secondary N) is 1. The van der Waals surface area contributed by atoms with Crippen molar-refractivity contribution < 1.29 is 33.6 Å². The summed E-state index contributed by atoms with van der Waals surface area (Å²) < 4.78 is 10.5. The van der Waals surface area contributed by atoms with E-state index >= 15 is 0 Å². The maximum Gasteiger partial charge on any atom is 0.408 e. The van der Waals surface area contributed by atoms with Gasteiger partial charge in [0, 0.05) is 0 Å². The van der Waals surface area contributed by atoms with E-state index in [2.05, 4.69) is 5.32 Å². The van der Waals surface area contributed by atoms with Gasteiger partial charge in [-0.3, -0.25) is 4.89 Å². The van der Waals surface area contributed by atoms with Crippen LogP contribution in [0.3, 0.4) is 0 Å². The summed E-state index contributed by atoms with van der Waals surface area (Å²) in [6, 6.07) is 17.1. The lowest BCUT2D eigenvalue weighted by Gasteiger charge is -2.19. The second-order valence-electron chi connectivity index (χ2n) is 8.04. The lowest BCUT2D eigenvalue weighted by molar-refractivity contribution is -0.320. The number of ether oxygens (including phenoxy) is 2. The van der Waals surface area contributed by atoms with Crippen molar-refractivity contribution in [1.29, 1.82) is 0 Å². The summed E-state index contributed by atoms with van der Waals surface area (Å²) in [6.45, 7) is 5.27. The van der Waals surface area contributed by atoms with Gasteiger partial charge in [0.1, 0.15) is 24.9 Å². The molecule has 2 aromatic carbocycles. The second-order valence-corrected chi connectivity index (χ2v) is 8.04. The van der Waals surface area contributed by atoms with E-state index in [1.807, 2.05) is 60.7 Å². The predicted molar refractivity (Wildman–Crippen MR) is 116 cm³/mol. The minimum absolute atomic E-state index is 0.0362. The van der Waals surface area contributed by atoms with Gasteiger partial charge < -0.3 is 14.8 Å². The van der Waals surface area contributed by atoms with Gasteiger partial charge in [0.25, 0.3) is 0 Å². The Hall–Kier alpha value is -3.39. The molecule has 172 valence electrons.